The summed E-state index contributed by atoms with van der Waals surface area (Å²) in [7, 11) is 3.10. The van der Waals surface area contributed by atoms with E-state index in [2.05, 4.69) is 10.1 Å². The lowest BCUT2D eigenvalue weighted by molar-refractivity contribution is 0.0710. The maximum absolute atomic E-state index is 13.0. The minimum Gasteiger partial charge on any atom is -0.493 e. The first kappa shape index (κ1) is 21.6. The van der Waals surface area contributed by atoms with Crippen molar-refractivity contribution in [3.8, 4) is 17.2 Å². The van der Waals surface area contributed by atoms with Gasteiger partial charge in [-0.2, -0.15) is 4.98 Å². The van der Waals surface area contributed by atoms with Crippen LogP contribution in [0, 0.1) is 5.82 Å². The second kappa shape index (κ2) is 9.67. The zero-order valence-electron chi connectivity index (χ0n) is 17.9. The number of carbonyl (C=O) groups is 1. The number of hydrogen-bond donors (Lipinski definition) is 0. The van der Waals surface area contributed by atoms with Crippen molar-refractivity contribution in [3.63, 3.8) is 0 Å². The molecule has 1 aromatic heterocycles. The van der Waals surface area contributed by atoms with Crippen molar-refractivity contribution >= 4 is 5.91 Å². The van der Waals surface area contributed by atoms with Gasteiger partial charge in [-0.05, 0) is 55.3 Å². The van der Waals surface area contributed by atoms with E-state index < -0.39 is 0 Å². The van der Waals surface area contributed by atoms with Crippen molar-refractivity contribution in [2.75, 3.05) is 27.3 Å². The average molecular weight is 441 g/mol. The van der Waals surface area contributed by atoms with Gasteiger partial charge in [0.25, 0.3) is 11.8 Å². The molecule has 0 radical (unpaired) electrons. The van der Waals surface area contributed by atoms with Gasteiger partial charge in [-0.15, -0.1) is 0 Å². The Morgan fingerprint density at radius 2 is 1.81 bits per heavy atom. The molecule has 168 valence electrons. The van der Waals surface area contributed by atoms with Gasteiger partial charge in [0.05, 0.1) is 14.2 Å². The minimum atomic E-state index is -0.326. The molecule has 9 heteroatoms. The van der Waals surface area contributed by atoms with Crippen LogP contribution in [0.5, 0.6) is 17.2 Å². The Kier molecular flexibility index (Phi) is 6.53. The predicted molar refractivity (Wildman–Crippen MR) is 112 cm³/mol. The van der Waals surface area contributed by atoms with Gasteiger partial charge in [-0.1, -0.05) is 5.16 Å². The fraction of sp³-hybridized carbons (Fsp3) is 0.348. The molecular formula is C23H24FN3O5. The van der Waals surface area contributed by atoms with Gasteiger partial charge in [-0.3, -0.25) is 4.79 Å². The maximum atomic E-state index is 13.0. The molecule has 0 saturated carbocycles. The number of likely N-dealkylation sites (tertiary alicyclic amines) is 1. The molecule has 1 aliphatic rings. The molecule has 0 unspecified atom stereocenters. The highest BCUT2D eigenvalue weighted by Crippen LogP contribution is 2.30. The summed E-state index contributed by atoms with van der Waals surface area (Å²) in [6, 6.07) is 10.9. The fourth-order valence-electron chi connectivity index (χ4n) is 3.66. The number of rotatable bonds is 7. The van der Waals surface area contributed by atoms with E-state index in [1.54, 1.807) is 32.4 Å². The predicted octanol–water partition coefficient (Wildman–Crippen LogP) is 3.82. The van der Waals surface area contributed by atoms with Crippen LogP contribution < -0.4 is 14.2 Å². The zero-order chi connectivity index (χ0) is 22.5. The Balaban J connectivity index is 1.32. The van der Waals surface area contributed by atoms with E-state index >= 15 is 0 Å². The molecule has 8 nitrogen and oxygen atoms in total. The Morgan fingerprint density at radius 3 is 2.50 bits per heavy atom. The summed E-state index contributed by atoms with van der Waals surface area (Å²) in [5.74, 6) is 2.32. The summed E-state index contributed by atoms with van der Waals surface area (Å²) in [6.45, 7) is 1.29. The Labute approximate surface area is 184 Å². The molecule has 0 spiro atoms. The van der Waals surface area contributed by atoms with Crippen molar-refractivity contribution in [2.45, 2.75) is 25.4 Å². The largest absolute Gasteiger partial charge is 0.493 e. The lowest BCUT2D eigenvalue weighted by atomic mass is 9.95. The van der Waals surface area contributed by atoms with Crippen molar-refractivity contribution in [3.05, 3.63) is 65.6 Å². The Morgan fingerprint density at radius 1 is 1.09 bits per heavy atom. The van der Waals surface area contributed by atoms with Gasteiger partial charge in [0.2, 0.25) is 0 Å². The lowest BCUT2D eigenvalue weighted by Crippen LogP contribution is -2.38. The Hall–Kier alpha value is -3.62. The maximum Gasteiger partial charge on any atom is 0.264 e. The highest BCUT2D eigenvalue weighted by atomic mass is 19.1. The van der Waals surface area contributed by atoms with Crippen LogP contribution in [-0.4, -0.2) is 48.3 Å². The van der Waals surface area contributed by atoms with Crippen LogP contribution in [0.15, 0.2) is 47.0 Å². The highest BCUT2D eigenvalue weighted by Gasteiger charge is 2.28. The van der Waals surface area contributed by atoms with E-state index in [1.165, 1.54) is 24.3 Å². The van der Waals surface area contributed by atoms with Gasteiger partial charge in [0.15, 0.2) is 23.9 Å². The molecule has 2 heterocycles. The van der Waals surface area contributed by atoms with Crippen LogP contribution in [-0.2, 0) is 6.61 Å². The normalized spacial score (nSPS) is 14.3. The fourth-order valence-corrected chi connectivity index (χ4v) is 3.66. The van der Waals surface area contributed by atoms with E-state index in [9.17, 15) is 9.18 Å². The van der Waals surface area contributed by atoms with Crippen molar-refractivity contribution < 1.29 is 27.9 Å². The standard InChI is InChI=1S/C23H24FN3O5/c1-29-19-8-3-16(13-20(19)30-2)23(28)27-11-9-15(10-12-27)22-25-21(32-26-22)14-31-18-6-4-17(24)5-7-18/h3-8,13,15H,9-12,14H2,1-2H3. The van der Waals surface area contributed by atoms with E-state index in [1.807, 2.05) is 4.90 Å². The molecule has 0 bridgehead atoms. The summed E-state index contributed by atoms with van der Waals surface area (Å²) in [5.41, 5.74) is 0.556. The van der Waals surface area contributed by atoms with E-state index in [-0.39, 0.29) is 24.2 Å². The van der Waals surface area contributed by atoms with Crippen LogP contribution in [0.1, 0.15) is 40.8 Å². The minimum absolute atomic E-state index is 0.0501. The molecular weight excluding hydrogens is 417 g/mol. The first-order valence-electron chi connectivity index (χ1n) is 10.3. The van der Waals surface area contributed by atoms with Gasteiger partial charge >= 0.3 is 0 Å². The summed E-state index contributed by atoms with van der Waals surface area (Å²) in [5, 5.41) is 4.08. The second-order valence-electron chi connectivity index (χ2n) is 7.43. The van der Waals surface area contributed by atoms with Crippen molar-refractivity contribution in [1.82, 2.24) is 15.0 Å². The molecule has 1 amide bonds. The Bertz CT molecular complexity index is 1060. The SMILES string of the molecule is COc1ccc(C(=O)N2CCC(c3noc(COc4ccc(F)cc4)n3)CC2)cc1OC. The monoisotopic (exact) mass is 441 g/mol. The smallest absolute Gasteiger partial charge is 0.264 e. The summed E-state index contributed by atoms with van der Waals surface area (Å²) in [4.78, 5) is 19.1. The molecule has 4 rings (SSSR count). The topological polar surface area (TPSA) is 86.9 Å². The number of halogens is 1. The second-order valence-corrected chi connectivity index (χ2v) is 7.43. The third-order valence-corrected chi connectivity index (χ3v) is 5.44. The van der Waals surface area contributed by atoms with Crippen LogP contribution in [0.25, 0.3) is 0 Å². The third-order valence-electron chi connectivity index (χ3n) is 5.44. The summed E-state index contributed by atoms with van der Waals surface area (Å²) in [6.07, 6.45) is 1.47. The van der Waals surface area contributed by atoms with Crippen LogP contribution in [0.3, 0.4) is 0 Å². The molecule has 1 aliphatic heterocycles. The summed E-state index contributed by atoms with van der Waals surface area (Å²) >= 11 is 0. The molecule has 1 fully saturated rings. The average Bonchev–Trinajstić information content (AvgIpc) is 3.32. The van der Waals surface area contributed by atoms with Gasteiger partial charge < -0.3 is 23.6 Å². The number of nitrogens with zero attached hydrogens (tertiary/aromatic N) is 3. The quantitative estimate of drug-likeness (QED) is 0.551. The summed E-state index contributed by atoms with van der Waals surface area (Å²) < 4.78 is 34.3. The highest BCUT2D eigenvalue weighted by molar-refractivity contribution is 5.95. The van der Waals surface area contributed by atoms with Gasteiger partial charge in [0, 0.05) is 24.6 Å². The number of benzene rings is 2. The third kappa shape index (κ3) is 4.82. The number of methoxy groups -OCH3 is 2. The van der Waals surface area contributed by atoms with Crippen molar-refractivity contribution in [2.24, 2.45) is 0 Å². The lowest BCUT2D eigenvalue weighted by Gasteiger charge is -2.30. The first-order chi connectivity index (χ1) is 15.6. The van der Waals surface area contributed by atoms with Gasteiger partial charge in [-0.25, -0.2) is 4.39 Å². The number of aromatic nitrogens is 2. The molecule has 2 aromatic carbocycles. The molecule has 0 N–H and O–H groups in total. The molecule has 1 saturated heterocycles. The molecule has 0 aliphatic carbocycles. The van der Waals surface area contributed by atoms with E-state index in [4.69, 9.17) is 18.7 Å². The number of piperidine rings is 1. The van der Waals surface area contributed by atoms with Crippen LogP contribution >= 0.6 is 0 Å². The van der Waals surface area contributed by atoms with E-state index in [0.717, 1.165) is 12.8 Å². The van der Waals surface area contributed by atoms with Crippen LogP contribution in [0.2, 0.25) is 0 Å². The number of amides is 1. The number of ether oxygens (including phenoxy) is 3. The number of carbonyl (C=O) groups excluding carboxylic acids is 1. The number of hydrogen-bond acceptors (Lipinski definition) is 7. The van der Waals surface area contributed by atoms with Crippen molar-refractivity contribution in [1.29, 1.82) is 0 Å². The van der Waals surface area contributed by atoms with Crippen LogP contribution in [0.4, 0.5) is 4.39 Å². The first-order valence-corrected chi connectivity index (χ1v) is 10.3. The molecule has 0 atom stereocenters. The zero-order valence-corrected chi connectivity index (χ0v) is 17.9. The molecule has 32 heavy (non-hydrogen) atoms. The molecule has 3 aromatic rings. The van der Waals surface area contributed by atoms with Gasteiger partial charge in [0.1, 0.15) is 11.6 Å². The van der Waals surface area contributed by atoms with E-state index in [0.29, 0.717) is 47.6 Å².